The highest BCUT2D eigenvalue weighted by Crippen LogP contribution is 2.33. The molecule has 0 aromatic rings. The number of alkyl halides is 4. The maximum atomic E-state index is 11.9. The average Bonchev–Trinajstić information content (AvgIpc) is 1.81. The summed E-state index contributed by atoms with van der Waals surface area (Å²) in [7, 11) is 0. The smallest absolute Gasteiger partial charge is 0.336 e. The Labute approximate surface area is 49.0 Å². The Morgan fingerprint density at radius 3 is 1.33 bits per heavy atom. The predicted molar refractivity (Wildman–Crippen MR) is 21.6 cm³/mol. The molecule has 1 saturated heterocycles. The number of hydrogen-bond acceptors (Lipinski definition) is 0. The van der Waals surface area contributed by atoms with Gasteiger partial charge in [0.1, 0.15) is 13.1 Å². The van der Waals surface area contributed by atoms with Crippen molar-refractivity contribution < 1.29 is 22.9 Å². The average molecular weight is 144 g/mol. The Hall–Kier alpha value is -0.320. The molecule has 1 fully saturated rings. The summed E-state index contributed by atoms with van der Waals surface area (Å²) in [5, 5.41) is 0.917. The third-order valence-electron chi connectivity index (χ3n) is 1.34. The highest BCUT2D eigenvalue weighted by atomic mass is 19.3. The Kier molecular flexibility index (Phi) is 1.20. The molecule has 0 aliphatic carbocycles. The van der Waals surface area contributed by atoms with Gasteiger partial charge in [-0.05, 0) is 0 Å². The van der Waals surface area contributed by atoms with Crippen molar-refractivity contribution in [2.45, 2.75) is 11.8 Å². The van der Waals surface area contributed by atoms with E-state index in [1.54, 1.807) is 0 Å². The lowest BCUT2D eigenvalue weighted by Gasteiger charge is -2.12. The standard InChI is InChI=1S/C4H5F4N/c5-3(6)1-9-2-4(3,7)8/h9H,1-2H2/p+1. The second-order valence-corrected chi connectivity index (χ2v) is 2.11. The zero-order chi connectivity index (χ0) is 7.12. The van der Waals surface area contributed by atoms with Gasteiger partial charge in [0.05, 0.1) is 0 Å². The minimum atomic E-state index is -3.80. The third kappa shape index (κ3) is 0.891. The summed E-state index contributed by atoms with van der Waals surface area (Å²) in [5.74, 6) is -7.60. The van der Waals surface area contributed by atoms with Crippen LogP contribution in [0.1, 0.15) is 0 Å². The zero-order valence-electron chi connectivity index (χ0n) is 4.50. The summed E-state index contributed by atoms with van der Waals surface area (Å²) in [5.41, 5.74) is 0. The second-order valence-electron chi connectivity index (χ2n) is 2.11. The highest BCUT2D eigenvalue weighted by Gasteiger charge is 2.63. The topological polar surface area (TPSA) is 16.6 Å². The number of hydrogen-bond donors (Lipinski definition) is 1. The summed E-state index contributed by atoms with van der Waals surface area (Å²) in [6.07, 6.45) is 0. The summed E-state index contributed by atoms with van der Waals surface area (Å²) >= 11 is 0. The SMILES string of the molecule is FC1(F)C[NH2+]CC1(F)F. The maximum Gasteiger partial charge on any atom is 0.363 e. The lowest BCUT2D eigenvalue weighted by molar-refractivity contribution is -0.647. The molecular weight excluding hydrogens is 138 g/mol. The van der Waals surface area contributed by atoms with Gasteiger partial charge in [0.15, 0.2) is 0 Å². The zero-order valence-corrected chi connectivity index (χ0v) is 4.50. The van der Waals surface area contributed by atoms with Crippen LogP contribution in [0.25, 0.3) is 0 Å². The van der Waals surface area contributed by atoms with E-state index in [2.05, 4.69) is 0 Å². The fourth-order valence-corrected chi connectivity index (χ4v) is 0.733. The van der Waals surface area contributed by atoms with E-state index >= 15 is 0 Å². The maximum absolute atomic E-state index is 11.9. The summed E-state index contributed by atoms with van der Waals surface area (Å²) in [6.45, 7) is -1.58. The number of halogens is 4. The van der Waals surface area contributed by atoms with E-state index in [4.69, 9.17) is 0 Å². The molecule has 0 aromatic heterocycles. The lowest BCUT2D eigenvalue weighted by atomic mass is 10.2. The number of nitrogens with two attached hydrogens (primary N) is 1. The molecule has 0 radical (unpaired) electrons. The van der Waals surface area contributed by atoms with Gasteiger partial charge >= 0.3 is 11.8 Å². The molecule has 0 amide bonds. The van der Waals surface area contributed by atoms with Gasteiger partial charge in [-0.2, -0.15) is 17.6 Å². The van der Waals surface area contributed by atoms with Gasteiger partial charge in [0, 0.05) is 0 Å². The van der Waals surface area contributed by atoms with Crippen molar-refractivity contribution in [3.05, 3.63) is 0 Å². The second kappa shape index (κ2) is 1.59. The van der Waals surface area contributed by atoms with Crippen LogP contribution in [0.2, 0.25) is 0 Å². The molecule has 5 heteroatoms. The van der Waals surface area contributed by atoms with Gasteiger partial charge in [-0.25, -0.2) is 0 Å². The number of rotatable bonds is 0. The van der Waals surface area contributed by atoms with E-state index in [0.29, 0.717) is 0 Å². The molecule has 0 spiro atoms. The van der Waals surface area contributed by atoms with Gasteiger partial charge in [0.2, 0.25) is 0 Å². The molecule has 1 aliphatic rings. The molecule has 1 nitrogen and oxygen atoms in total. The van der Waals surface area contributed by atoms with Crippen LogP contribution in [-0.4, -0.2) is 24.9 Å². The first-order valence-electron chi connectivity index (χ1n) is 2.53. The molecule has 0 saturated carbocycles. The fraction of sp³-hybridized carbons (Fsp3) is 1.00. The summed E-state index contributed by atoms with van der Waals surface area (Å²) in [4.78, 5) is 0. The van der Waals surface area contributed by atoms with E-state index in [1.807, 2.05) is 0 Å². The molecule has 1 aliphatic heterocycles. The monoisotopic (exact) mass is 144 g/mol. The Bertz CT molecular complexity index is 108. The van der Waals surface area contributed by atoms with Crippen molar-refractivity contribution in [2.24, 2.45) is 0 Å². The molecule has 54 valence electrons. The van der Waals surface area contributed by atoms with Crippen molar-refractivity contribution in [3.8, 4) is 0 Å². The predicted octanol–water partition coefficient (Wildman–Crippen LogP) is -0.166. The van der Waals surface area contributed by atoms with Crippen LogP contribution in [0.5, 0.6) is 0 Å². The highest BCUT2D eigenvalue weighted by molar-refractivity contribution is 4.86. The minimum absolute atomic E-state index is 0.792. The molecular formula is C4H6F4N+. The van der Waals surface area contributed by atoms with Crippen molar-refractivity contribution >= 4 is 0 Å². The van der Waals surface area contributed by atoms with Gasteiger partial charge in [0.25, 0.3) is 0 Å². The first kappa shape index (κ1) is 6.80. The first-order chi connectivity index (χ1) is 3.96. The molecule has 0 bridgehead atoms. The van der Waals surface area contributed by atoms with Gasteiger partial charge in [-0.1, -0.05) is 0 Å². The molecule has 1 rings (SSSR count). The van der Waals surface area contributed by atoms with Crippen LogP contribution >= 0.6 is 0 Å². The lowest BCUT2D eigenvalue weighted by Crippen LogP contribution is -2.82. The van der Waals surface area contributed by atoms with Gasteiger partial charge in [-0.3, -0.25) is 0 Å². The van der Waals surface area contributed by atoms with Crippen LogP contribution in [0, 0.1) is 0 Å². The molecule has 0 aromatic carbocycles. The van der Waals surface area contributed by atoms with Crippen LogP contribution < -0.4 is 5.32 Å². The van der Waals surface area contributed by atoms with E-state index in [1.165, 1.54) is 0 Å². The quantitative estimate of drug-likeness (QED) is 0.455. The molecule has 1 heterocycles. The fourth-order valence-electron chi connectivity index (χ4n) is 0.733. The van der Waals surface area contributed by atoms with Crippen LogP contribution in [0.3, 0.4) is 0 Å². The Balaban J connectivity index is 2.75. The molecule has 0 unspecified atom stereocenters. The molecule has 0 atom stereocenters. The third-order valence-corrected chi connectivity index (χ3v) is 1.34. The van der Waals surface area contributed by atoms with Crippen LogP contribution in [0.4, 0.5) is 17.6 Å². The van der Waals surface area contributed by atoms with Crippen molar-refractivity contribution in [1.82, 2.24) is 0 Å². The van der Waals surface area contributed by atoms with Crippen molar-refractivity contribution in [3.63, 3.8) is 0 Å². The van der Waals surface area contributed by atoms with E-state index in [-0.39, 0.29) is 0 Å². The van der Waals surface area contributed by atoms with Crippen molar-refractivity contribution in [1.29, 1.82) is 0 Å². The van der Waals surface area contributed by atoms with E-state index < -0.39 is 24.9 Å². The largest absolute Gasteiger partial charge is 0.363 e. The Morgan fingerprint density at radius 1 is 0.889 bits per heavy atom. The number of quaternary nitrogens is 1. The summed E-state index contributed by atoms with van der Waals surface area (Å²) < 4.78 is 47.8. The Morgan fingerprint density at radius 2 is 1.22 bits per heavy atom. The van der Waals surface area contributed by atoms with E-state index in [9.17, 15) is 17.6 Å². The van der Waals surface area contributed by atoms with E-state index in [0.717, 1.165) is 5.32 Å². The normalized spacial score (nSPS) is 30.7. The van der Waals surface area contributed by atoms with Gasteiger partial charge in [-0.15, -0.1) is 0 Å². The van der Waals surface area contributed by atoms with Gasteiger partial charge < -0.3 is 5.32 Å². The van der Waals surface area contributed by atoms with Crippen molar-refractivity contribution in [2.75, 3.05) is 13.1 Å². The minimum Gasteiger partial charge on any atom is -0.336 e. The first-order valence-corrected chi connectivity index (χ1v) is 2.53. The van der Waals surface area contributed by atoms with Crippen LogP contribution in [-0.2, 0) is 0 Å². The molecule has 2 N–H and O–H groups in total. The van der Waals surface area contributed by atoms with Crippen LogP contribution in [0.15, 0.2) is 0 Å². The summed E-state index contributed by atoms with van der Waals surface area (Å²) in [6, 6.07) is 0. The molecule has 9 heavy (non-hydrogen) atoms.